The van der Waals surface area contributed by atoms with E-state index < -0.39 is 11.6 Å². The number of rotatable bonds is 4. The van der Waals surface area contributed by atoms with Gasteiger partial charge in [0.2, 0.25) is 0 Å². The molecule has 19 heavy (non-hydrogen) atoms. The van der Waals surface area contributed by atoms with Gasteiger partial charge in [-0.25, -0.2) is 8.78 Å². The van der Waals surface area contributed by atoms with E-state index in [2.05, 4.69) is 5.32 Å². The summed E-state index contributed by atoms with van der Waals surface area (Å²) in [6.45, 7) is 1.99. The van der Waals surface area contributed by atoms with Gasteiger partial charge in [0.05, 0.1) is 16.8 Å². The maximum atomic E-state index is 13.7. The fourth-order valence-corrected chi connectivity index (χ4v) is 2.21. The van der Waals surface area contributed by atoms with Gasteiger partial charge in [-0.05, 0) is 18.1 Å². The molecule has 0 amide bonds. The van der Waals surface area contributed by atoms with Crippen LogP contribution in [0.5, 0.6) is 0 Å². The number of halogens is 3. The molecule has 0 aliphatic heterocycles. The molecule has 2 rings (SSSR count). The highest BCUT2D eigenvalue weighted by molar-refractivity contribution is 6.33. The van der Waals surface area contributed by atoms with E-state index in [1.165, 1.54) is 0 Å². The minimum absolute atomic E-state index is 0.0480. The Labute approximate surface area is 116 Å². The molecule has 0 saturated heterocycles. The predicted molar refractivity (Wildman–Crippen MR) is 74.5 cm³/mol. The first-order valence-corrected chi connectivity index (χ1v) is 6.45. The Morgan fingerprint density at radius 1 is 1.16 bits per heavy atom. The Hall–Kier alpha value is -1.61. The normalized spacial score (nSPS) is 12.2. The minimum Gasteiger partial charge on any atom is -0.375 e. The number of hydrogen-bond acceptors (Lipinski definition) is 1. The molecule has 0 saturated carbocycles. The summed E-state index contributed by atoms with van der Waals surface area (Å²) in [6, 6.07) is 11.5. The molecule has 2 aromatic carbocycles. The van der Waals surface area contributed by atoms with E-state index in [-0.39, 0.29) is 16.8 Å². The van der Waals surface area contributed by atoms with Crippen LogP contribution < -0.4 is 5.32 Å². The maximum absolute atomic E-state index is 13.7. The number of hydrogen-bond donors (Lipinski definition) is 1. The zero-order valence-corrected chi connectivity index (χ0v) is 11.2. The number of benzene rings is 2. The van der Waals surface area contributed by atoms with Gasteiger partial charge in [0.25, 0.3) is 0 Å². The second-order valence-electron chi connectivity index (χ2n) is 4.26. The molecule has 0 aliphatic rings. The van der Waals surface area contributed by atoms with Crippen molar-refractivity contribution in [2.75, 3.05) is 5.32 Å². The van der Waals surface area contributed by atoms with Gasteiger partial charge in [-0.1, -0.05) is 48.9 Å². The topological polar surface area (TPSA) is 12.0 Å². The zero-order valence-electron chi connectivity index (χ0n) is 10.5. The highest BCUT2D eigenvalue weighted by Gasteiger charge is 2.15. The molecule has 1 atom stereocenters. The largest absolute Gasteiger partial charge is 0.375 e. The van der Waals surface area contributed by atoms with Crippen LogP contribution in [0.2, 0.25) is 5.02 Å². The summed E-state index contributed by atoms with van der Waals surface area (Å²) in [4.78, 5) is 0. The van der Waals surface area contributed by atoms with Gasteiger partial charge in [-0.15, -0.1) is 0 Å². The van der Waals surface area contributed by atoms with E-state index in [1.54, 1.807) is 0 Å². The summed E-state index contributed by atoms with van der Waals surface area (Å²) in [6.07, 6.45) is 0.761. The third-order valence-electron chi connectivity index (χ3n) is 2.94. The van der Waals surface area contributed by atoms with E-state index in [4.69, 9.17) is 11.6 Å². The van der Waals surface area contributed by atoms with Crippen LogP contribution in [-0.2, 0) is 0 Å². The summed E-state index contributed by atoms with van der Waals surface area (Å²) in [5.41, 5.74) is 1.17. The lowest BCUT2D eigenvalue weighted by Crippen LogP contribution is -2.11. The molecule has 0 radical (unpaired) electrons. The molecule has 1 N–H and O–H groups in total. The second kappa shape index (κ2) is 6.02. The molecular formula is C15H14ClF2N. The van der Waals surface area contributed by atoms with Gasteiger partial charge in [0, 0.05) is 6.07 Å². The molecule has 0 heterocycles. The molecule has 0 bridgehead atoms. The highest BCUT2D eigenvalue weighted by atomic mass is 35.5. The smallest absolute Gasteiger partial charge is 0.150 e. The zero-order chi connectivity index (χ0) is 13.8. The Morgan fingerprint density at radius 2 is 1.84 bits per heavy atom. The molecular weight excluding hydrogens is 268 g/mol. The minimum atomic E-state index is -0.681. The van der Waals surface area contributed by atoms with Crippen molar-refractivity contribution in [1.29, 1.82) is 0 Å². The summed E-state index contributed by atoms with van der Waals surface area (Å²) in [5.74, 6) is -1.36. The Balaban J connectivity index is 2.29. The van der Waals surface area contributed by atoms with Gasteiger partial charge in [-0.3, -0.25) is 0 Å². The molecule has 0 spiro atoms. The van der Waals surface area contributed by atoms with Crippen molar-refractivity contribution in [3.8, 4) is 0 Å². The van der Waals surface area contributed by atoms with E-state index in [1.807, 2.05) is 37.3 Å². The van der Waals surface area contributed by atoms with Crippen molar-refractivity contribution < 1.29 is 8.78 Å². The summed E-state index contributed by atoms with van der Waals surface area (Å²) < 4.78 is 26.7. The maximum Gasteiger partial charge on any atom is 0.150 e. The standard InChI is InChI=1S/C15H14ClF2N/c1-2-14(10-6-4-3-5-7-10)19-15-12(16)8-11(17)9-13(15)18/h3-9,14,19H,2H2,1H3. The third-order valence-corrected chi connectivity index (χ3v) is 3.23. The van der Waals surface area contributed by atoms with Crippen LogP contribution in [0.15, 0.2) is 42.5 Å². The van der Waals surface area contributed by atoms with Crippen molar-refractivity contribution in [3.63, 3.8) is 0 Å². The van der Waals surface area contributed by atoms with E-state index >= 15 is 0 Å². The van der Waals surface area contributed by atoms with Crippen LogP contribution >= 0.6 is 11.6 Å². The van der Waals surface area contributed by atoms with E-state index in [0.29, 0.717) is 0 Å². The lowest BCUT2D eigenvalue weighted by Gasteiger charge is -2.20. The molecule has 1 nitrogen and oxygen atoms in total. The average Bonchev–Trinajstić information content (AvgIpc) is 2.39. The first-order chi connectivity index (χ1) is 9.11. The molecule has 0 fully saturated rings. The predicted octanol–water partition coefficient (Wildman–Crippen LogP) is 5.18. The van der Waals surface area contributed by atoms with Crippen LogP contribution in [-0.4, -0.2) is 0 Å². The van der Waals surface area contributed by atoms with Gasteiger partial charge >= 0.3 is 0 Å². The quantitative estimate of drug-likeness (QED) is 0.814. The summed E-state index contributed by atoms with van der Waals surface area (Å²) >= 11 is 5.88. The van der Waals surface area contributed by atoms with Gasteiger partial charge in [0.1, 0.15) is 5.82 Å². The SMILES string of the molecule is CCC(Nc1c(F)cc(F)cc1Cl)c1ccccc1. The van der Waals surface area contributed by atoms with Crippen LogP contribution in [0.4, 0.5) is 14.5 Å². The van der Waals surface area contributed by atoms with Crippen molar-refractivity contribution >= 4 is 17.3 Å². The molecule has 0 aromatic heterocycles. The lowest BCUT2D eigenvalue weighted by molar-refractivity contribution is 0.582. The van der Waals surface area contributed by atoms with Gasteiger partial charge in [-0.2, -0.15) is 0 Å². The second-order valence-corrected chi connectivity index (χ2v) is 4.67. The van der Waals surface area contributed by atoms with Gasteiger partial charge in [0.15, 0.2) is 5.82 Å². The molecule has 1 unspecified atom stereocenters. The third kappa shape index (κ3) is 3.24. The first kappa shape index (κ1) is 13.8. The monoisotopic (exact) mass is 281 g/mol. The summed E-state index contributed by atoms with van der Waals surface area (Å²) in [5, 5.41) is 3.08. The molecule has 100 valence electrons. The van der Waals surface area contributed by atoms with E-state index in [9.17, 15) is 8.78 Å². The van der Waals surface area contributed by atoms with Crippen molar-refractivity contribution in [2.45, 2.75) is 19.4 Å². The first-order valence-electron chi connectivity index (χ1n) is 6.08. The molecule has 4 heteroatoms. The van der Waals surface area contributed by atoms with Crippen molar-refractivity contribution in [1.82, 2.24) is 0 Å². The van der Waals surface area contributed by atoms with Gasteiger partial charge < -0.3 is 5.32 Å². The Bertz CT molecular complexity index is 534. The average molecular weight is 282 g/mol. The van der Waals surface area contributed by atoms with Crippen LogP contribution in [0.3, 0.4) is 0 Å². The molecule has 0 aliphatic carbocycles. The van der Waals surface area contributed by atoms with Crippen molar-refractivity contribution in [3.05, 3.63) is 64.7 Å². The summed E-state index contributed by atoms with van der Waals surface area (Å²) in [7, 11) is 0. The number of nitrogens with one attached hydrogen (secondary N) is 1. The lowest BCUT2D eigenvalue weighted by atomic mass is 10.0. The van der Waals surface area contributed by atoms with E-state index in [0.717, 1.165) is 24.1 Å². The Morgan fingerprint density at radius 3 is 2.42 bits per heavy atom. The Kier molecular flexibility index (Phi) is 4.38. The van der Waals surface area contributed by atoms with Crippen LogP contribution in [0, 0.1) is 11.6 Å². The fraction of sp³-hybridized carbons (Fsp3) is 0.200. The molecule has 2 aromatic rings. The van der Waals surface area contributed by atoms with Crippen LogP contribution in [0.1, 0.15) is 24.9 Å². The fourth-order valence-electron chi connectivity index (χ4n) is 1.96. The van der Waals surface area contributed by atoms with Crippen LogP contribution in [0.25, 0.3) is 0 Å². The highest BCUT2D eigenvalue weighted by Crippen LogP contribution is 2.31. The number of anilines is 1. The van der Waals surface area contributed by atoms with Crippen molar-refractivity contribution in [2.24, 2.45) is 0 Å².